The summed E-state index contributed by atoms with van der Waals surface area (Å²) in [7, 11) is 3.37. The number of nitrogens with zero attached hydrogens (tertiary/aromatic N) is 1. The topological polar surface area (TPSA) is 31.2 Å². The first-order valence-corrected chi connectivity index (χ1v) is 5.78. The number of methoxy groups -OCH3 is 1. The van der Waals surface area contributed by atoms with Crippen molar-refractivity contribution in [3.8, 4) is 5.75 Å². The number of hydrogen-bond acceptors (Lipinski definition) is 2. The highest BCUT2D eigenvalue weighted by Crippen LogP contribution is 2.28. The van der Waals surface area contributed by atoms with E-state index in [0.717, 1.165) is 16.3 Å². The number of aryl methyl sites for hydroxylation is 1. The molecule has 3 heteroatoms. The van der Waals surface area contributed by atoms with Crippen LogP contribution in [0.25, 0.3) is 21.7 Å². The van der Waals surface area contributed by atoms with Gasteiger partial charge in [-0.2, -0.15) is 0 Å². The summed E-state index contributed by atoms with van der Waals surface area (Å²) in [5.74, 6) is 0.624. The van der Waals surface area contributed by atoms with Crippen LogP contribution in [0.5, 0.6) is 5.75 Å². The predicted molar refractivity (Wildman–Crippen MR) is 73.2 cm³/mol. The van der Waals surface area contributed by atoms with Gasteiger partial charge in [0, 0.05) is 17.8 Å². The molecule has 0 N–H and O–H groups in total. The fourth-order valence-electron chi connectivity index (χ4n) is 2.42. The standard InChI is InChI=1S/C15H13NO2/c1-16-12-8-4-3-6-10(12)11-7-5-9-13(18-2)14(11)15(16)17/h3-9H,1-2H3. The molecule has 0 aliphatic carbocycles. The Morgan fingerprint density at radius 2 is 1.72 bits per heavy atom. The van der Waals surface area contributed by atoms with Crippen molar-refractivity contribution < 1.29 is 4.74 Å². The van der Waals surface area contributed by atoms with Crippen LogP contribution >= 0.6 is 0 Å². The molecule has 3 rings (SSSR count). The van der Waals surface area contributed by atoms with Gasteiger partial charge in [-0.1, -0.05) is 30.3 Å². The summed E-state index contributed by atoms with van der Waals surface area (Å²) in [5.41, 5.74) is 0.907. The van der Waals surface area contributed by atoms with E-state index in [1.54, 1.807) is 18.7 Å². The zero-order valence-electron chi connectivity index (χ0n) is 10.3. The Hall–Kier alpha value is -2.29. The maximum absolute atomic E-state index is 12.4. The second kappa shape index (κ2) is 3.88. The van der Waals surface area contributed by atoms with Crippen molar-refractivity contribution in [1.82, 2.24) is 4.57 Å². The van der Waals surface area contributed by atoms with E-state index in [9.17, 15) is 4.79 Å². The van der Waals surface area contributed by atoms with Crippen LogP contribution in [0.15, 0.2) is 47.3 Å². The Morgan fingerprint density at radius 1 is 1.00 bits per heavy atom. The molecule has 1 heterocycles. The summed E-state index contributed by atoms with van der Waals surface area (Å²) in [4.78, 5) is 12.4. The Labute approximate surface area is 104 Å². The van der Waals surface area contributed by atoms with Gasteiger partial charge in [-0.05, 0) is 12.1 Å². The third kappa shape index (κ3) is 1.34. The van der Waals surface area contributed by atoms with Crippen LogP contribution in [0.2, 0.25) is 0 Å². The van der Waals surface area contributed by atoms with E-state index in [0.29, 0.717) is 11.1 Å². The van der Waals surface area contributed by atoms with E-state index in [2.05, 4.69) is 0 Å². The number of benzene rings is 2. The minimum absolute atomic E-state index is 0.0267. The maximum Gasteiger partial charge on any atom is 0.262 e. The molecular formula is C15H13NO2. The van der Waals surface area contributed by atoms with Gasteiger partial charge in [0.1, 0.15) is 5.75 Å². The molecule has 0 fully saturated rings. The fourth-order valence-corrected chi connectivity index (χ4v) is 2.42. The minimum Gasteiger partial charge on any atom is -0.496 e. The molecule has 0 aliphatic rings. The van der Waals surface area contributed by atoms with E-state index < -0.39 is 0 Å². The van der Waals surface area contributed by atoms with E-state index in [1.807, 2.05) is 42.5 Å². The first-order valence-electron chi connectivity index (χ1n) is 5.78. The van der Waals surface area contributed by atoms with Crippen LogP contribution in [-0.4, -0.2) is 11.7 Å². The largest absolute Gasteiger partial charge is 0.496 e. The number of pyridine rings is 1. The fraction of sp³-hybridized carbons (Fsp3) is 0.133. The van der Waals surface area contributed by atoms with Crippen LogP contribution in [0.4, 0.5) is 0 Å². The van der Waals surface area contributed by atoms with Crippen LogP contribution < -0.4 is 10.3 Å². The first kappa shape index (κ1) is 10.8. The normalized spacial score (nSPS) is 11.0. The molecule has 0 radical (unpaired) electrons. The molecule has 3 aromatic rings. The molecule has 1 aromatic heterocycles. The number of ether oxygens (including phenoxy) is 1. The van der Waals surface area contributed by atoms with Crippen molar-refractivity contribution in [1.29, 1.82) is 0 Å². The zero-order valence-corrected chi connectivity index (χ0v) is 10.3. The van der Waals surface area contributed by atoms with Gasteiger partial charge in [0.25, 0.3) is 5.56 Å². The molecule has 0 spiro atoms. The number of rotatable bonds is 1. The van der Waals surface area contributed by atoms with Crippen LogP contribution in [0.1, 0.15) is 0 Å². The zero-order chi connectivity index (χ0) is 12.7. The van der Waals surface area contributed by atoms with E-state index in [-0.39, 0.29) is 5.56 Å². The Bertz CT molecular complexity index is 803. The van der Waals surface area contributed by atoms with Crippen molar-refractivity contribution in [2.45, 2.75) is 0 Å². The van der Waals surface area contributed by atoms with Crippen molar-refractivity contribution in [3.63, 3.8) is 0 Å². The van der Waals surface area contributed by atoms with Gasteiger partial charge in [-0.15, -0.1) is 0 Å². The first-order chi connectivity index (χ1) is 8.74. The average molecular weight is 239 g/mol. The highest BCUT2D eigenvalue weighted by atomic mass is 16.5. The second-order valence-electron chi connectivity index (χ2n) is 4.26. The number of hydrogen-bond donors (Lipinski definition) is 0. The second-order valence-corrected chi connectivity index (χ2v) is 4.26. The predicted octanol–water partition coefficient (Wildman–Crippen LogP) is 2.70. The van der Waals surface area contributed by atoms with Gasteiger partial charge in [0.2, 0.25) is 0 Å². The lowest BCUT2D eigenvalue weighted by Crippen LogP contribution is -2.17. The van der Waals surface area contributed by atoms with Gasteiger partial charge in [0.05, 0.1) is 18.0 Å². The van der Waals surface area contributed by atoms with Crippen LogP contribution in [-0.2, 0) is 7.05 Å². The highest BCUT2D eigenvalue weighted by Gasteiger charge is 2.11. The molecule has 0 saturated heterocycles. The van der Waals surface area contributed by atoms with Gasteiger partial charge < -0.3 is 9.30 Å². The number of fused-ring (bicyclic) bond motifs is 3. The van der Waals surface area contributed by atoms with Crippen molar-refractivity contribution in [2.24, 2.45) is 7.05 Å². The smallest absolute Gasteiger partial charge is 0.262 e. The number of para-hydroxylation sites is 1. The highest BCUT2D eigenvalue weighted by molar-refractivity contribution is 6.07. The third-order valence-corrected chi connectivity index (χ3v) is 3.32. The average Bonchev–Trinajstić information content (AvgIpc) is 2.44. The Morgan fingerprint density at radius 3 is 2.50 bits per heavy atom. The van der Waals surface area contributed by atoms with E-state index in [4.69, 9.17) is 4.74 Å². The van der Waals surface area contributed by atoms with E-state index >= 15 is 0 Å². The van der Waals surface area contributed by atoms with Gasteiger partial charge >= 0.3 is 0 Å². The van der Waals surface area contributed by atoms with Crippen LogP contribution in [0.3, 0.4) is 0 Å². The lowest BCUT2D eigenvalue weighted by molar-refractivity contribution is 0.419. The van der Waals surface area contributed by atoms with Crippen molar-refractivity contribution >= 4 is 21.7 Å². The number of aromatic nitrogens is 1. The molecule has 0 saturated carbocycles. The summed E-state index contributed by atoms with van der Waals surface area (Å²) in [6.45, 7) is 0. The summed E-state index contributed by atoms with van der Waals surface area (Å²) >= 11 is 0. The van der Waals surface area contributed by atoms with E-state index in [1.165, 1.54) is 0 Å². The third-order valence-electron chi connectivity index (χ3n) is 3.32. The quantitative estimate of drug-likeness (QED) is 0.611. The molecule has 90 valence electrons. The SMILES string of the molecule is COc1cccc2c1c(=O)n(C)c1ccccc21. The molecule has 18 heavy (non-hydrogen) atoms. The monoisotopic (exact) mass is 239 g/mol. The molecule has 0 amide bonds. The van der Waals surface area contributed by atoms with Gasteiger partial charge in [-0.3, -0.25) is 4.79 Å². The summed E-state index contributed by atoms with van der Waals surface area (Å²) in [6.07, 6.45) is 0. The molecule has 0 unspecified atom stereocenters. The summed E-state index contributed by atoms with van der Waals surface area (Å²) < 4.78 is 6.97. The lowest BCUT2D eigenvalue weighted by atomic mass is 10.1. The Balaban J connectivity index is 2.69. The Kier molecular flexibility index (Phi) is 2.33. The minimum atomic E-state index is -0.0267. The summed E-state index contributed by atoms with van der Waals surface area (Å²) in [6, 6.07) is 13.6. The molecule has 2 aromatic carbocycles. The van der Waals surface area contributed by atoms with Gasteiger partial charge in [-0.25, -0.2) is 0 Å². The van der Waals surface area contributed by atoms with Crippen molar-refractivity contribution in [2.75, 3.05) is 7.11 Å². The van der Waals surface area contributed by atoms with Gasteiger partial charge in [0.15, 0.2) is 0 Å². The molecule has 0 aliphatic heterocycles. The van der Waals surface area contributed by atoms with Crippen molar-refractivity contribution in [3.05, 3.63) is 52.8 Å². The lowest BCUT2D eigenvalue weighted by Gasteiger charge is -2.11. The maximum atomic E-state index is 12.4. The van der Waals surface area contributed by atoms with Crippen LogP contribution in [0, 0.1) is 0 Å². The molecule has 0 bridgehead atoms. The molecular weight excluding hydrogens is 226 g/mol. The summed E-state index contributed by atoms with van der Waals surface area (Å²) in [5, 5.41) is 2.64. The molecule has 3 nitrogen and oxygen atoms in total. The molecule has 0 atom stereocenters.